The summed E-state index contributed by atoms with van der Waals surface area (Å²) in [7, 11) is 0. The third-order valence-corrected chi connectivity index (χ3v) is 2.24. The number of amides is 1. The van der Waals surface area contributed by atoms with Crippen molar-refractivity contribution in [1.82, 2.24) is 10.2 Å². The zero-order valence-electron chi connectivity index (χ0n) is 11.2. The van der Waals surface area contributed by atoms with Crippen LogP contribution in [0.3, 0.4) is 0 Å². The lowest BCUT2D eigenvalue weighted by Gasteiger charge is -2.29. The fourth-order valence-corrected chi connectivity index (χ4v) is 1.48. The second kappa shape index (κ2) is 5.89. The van der Waals surface area contributed by atoms with Gasteiger partial charge in [0.25, 0.3) is 0 Å². The summed E-state index contributed by atoms with van der Waals surface area (Å²) in [5.74, 6) is 0.879. The molecule has 0 saturated carbocycles. The molecule has 0 aromatic carbocycles. The summed E-state index contributed by atoms with van der Waals surface area (Å²) in [6, 6.07) is 0. The number of carbonyl (C=O) groups excluding carboxylic acids is 1. The van der Waals surface area contributed by atoms with Crippen LogP contribution >= 0.6 is 0 Å². The molecule has 1 aliphatic heterocycles. The zero-order valence-corrected chi connectivity index (χ0v) is 11.2. The van der Waals surface area contributed by atoms with Crippen LogP contribution in [-0.4, -0.2) is 48.6 Å². The Bertz CT molecular complexity index is 295. The van der Waals surface area contributed by atoms with Crippen LogP contribution in [-0.2, 0) is 4.74 Å². The van der Waals surface area contributed by atoms with Crippen LogP contribution in [0.5, 0.6) is 0 Å². The Kier molecular flexibility index (Phi) is 4.78. The third-order valence-electron chi connectivity index (χ3n) is 2.24. The maximum absolute atomic E-state index is 11.9. The maximum Gasteiger partial charge on any atom is 0.410 e. The molecule has 0 aromatic rings. The molecule has 0 unspecified atom stereocenters. The fraction of sp³-hybridized carbons (Fsp3) is 0.833. The number of aliphatic imine (C=N–C) groups is 1. The largest absolute Gasteiger partial charge is 0.444 e. The molecule has 5 nitrogen and oxygen atoms in total. The predicted octanol–water partition coefficient (Wildman–Crippen LogP) is 1.64. The summed E-state index contributed by atoms with van der Waals surface area (Å²) in [5, 5.41) is 3.22. The highest BCUT2D eigenvalue weighted by Crippen LogP contribution is 2.10. The van der Waals surface area contributed by atoms with Gasteiger partial charge in [-0.1, -0.05) is 6.92 Å². The number of carbonyl (C=O) groups is 1. The Morgan fingerprint density at radius 2 is 2.24 bits per heavy atom. The van der Waals surface area contributed by atoms with Crippen molar-refractivity contribution in [3.63, 3.8) is 0 Å². The van der Waals surface area contributed by atoms with Gasteiger partial charge in [0.1, 0.15) is 11.4 Å². The molecular formula is C12H23N3O2. The van der Waals surface area contributed by atoms with Gasteiger partial charge >= 0.3 is 6.09 Å². The van der Waals surface area contributed by atoms with Crippen molar-refractivity contribution in [3.8, 4) is 0 Å². The van der Waals surface area contributed by atoms with Crippen LogP contribution in [0.4, 0.5) is 4.79 Å². The molecule has 0 radical (unpaired) electrons. The Hall–Kier alpha value is -1.26. The minimum atomic E-state index is -0.442. The van der Waals surface area contributed by atoms with E-state index in [4.69, 9.17) is 4.74 Å². The van der Waals surface area contributed by atoms with E-state index in [9.17, 15) is 4.79 Å². The van der Waals surface area contributed by atoms with Crippen molar-refractivity contribution in [2.45, 2.75) is 39.7 Å². The summed E-state index contributed by atoms with van der Waals surface area (Å²) < 4.78 is 5.33. The lowest BCUT2D eigenvalue weighted by molar-refractivity contribution is 0.0276. The number of nitrogens with one attached hydrogen (secondary N) is 1. The molecule has 0 atom stereocenters. The molecule has 17 heavy (non-hydrogen) atoms. The summed E-state index contributed by atoms with van der Waals surface area (Å²) >= 11 is 0. The highest BCUT2D eigenvalue weighted by molar-refractivity contribution is 5.87. The highest BCUT2D eigenvalue weighted by Gasteiger charge is 2.24. The standard InChI is InChI=1S/C12H23N3O2/c1-5-6-13-10-9-15(8-7-14-10)11(16)17-12(2,3)4/h5-9H2,1-4H3,(H,13,14). The molecule has 0 bridgehead atoms. The number of amidine groups is 1. The molecule has 98 valence electrons. The first kappa shape index (κ1) is 13.8. The number of rotatable bonds is 2. The van der Waals surface area contributed by atoms with Crippen molar-refractivity contribution in [3.05, 3.63) is 0 Å². The van der Waals surface area contributed by atoms with Gasteiger partial charge in [-0.25, -0.2) is 4.79 Å². The summed E-state index contributed by atoms with van der Waals surface area (Å²) in [6.45, 7) is 10.4. The minimum Gasteiger partial charge on any atom is -0.444 e. The molecule has 0 saturated heterocycles. The van der Waals surface area contributed by atoms with Crippen molar-refractivity contribution < 1.29 is 9.53 Å². The number of ether oxygens (including phenoxy) is 1. The first-order valence-electron chi connectivity index (χ1n) is 6.17. The van der Waals surface area contributed by atoms with Gasteiger partial charge in [0.05, 0.1) is 13.1 Å². The molecule has 1 rings (SSSR count). The van der Waals surface area contributed by atoms with E-state index in [1.54, 1.807) is 4.90 Å². The van der Waals surface area contributed by atoms with Gasteiger partial charge in [0.15, 0.2) is 0 Å². The van der Waals surface area contributed by atoms with Gasteiger partial charge in [-0.05, 0) is 27.2 Å². The Labute approximate surface area is 103 Å². The smallest absolute Gasteiger partial charge is 0.410 e. The quantitative estimate of drug-likeness (QED) is 0.799. The van der Waals surface area contributed by atoms with Gasteiger partial charge < -0.3 is 10.1 Å². The molecule has 0 fully saturated rings. The van der Waals surface area contributed by atoms with Crippen LogP contribution < -0.4 is 5.32 Å². The van der Waals surface area contributed by atoms with E-state index < -0.39 is 5.60 Å². The Balaban J connectivity index is 2.46. The summed E-state index contributed by atoms with van der Waals surface area (Å²) in [6.07, 6.45) is 0.786. The minimum absolute atomic E-state index is 0.261. The van der Waals surface area contributed by atoms with E-state index in [1.807, 2.05) is 20.8 Å². The van der Waals surface area contributed by atoms with Crippen LogP contribution in [0.2, 0.25) is 0 Å². The molecule has 1 N–H and O–H groups in total. The predicted molar refractivity (Wildman–Crippen MR) is 68.4 cm³/mol. The zero-order chi connectivity index (χ0) is 12.9. The number of nitrogens with zero attached hydrogens (tertiary/aromatic N) is 2. The first-order chi connectivity index (χ1) is 7.92. The van der Waals surface area contributed by atoms with Crippen molar-refractivity contribution in [1.29, 1.82) is 0 Å². The molecule has 5 heteroatoms. The first-order valence-corrected chi connectivity index (χ1v) is 6.17. The van der Waals surface area contributed by atoms with Crippen molar-refractivity contribution in [2.75, 3.05) is 26.2 Å². The summed E-state index contributed by atoms with van der Waals surface area (Å²) in [4.78, 5) is 17.9. The molecule has 0 aliphatic carbocycles. The van der Waals surface area contributed by atoms with E-state index in [-0.39, 0.29) is 6.09 Å². The van der Waals surface area contributed by atoms with E-state index in [2.05, 4.69) is 17.2 Å². The van der Waals surface area contributed by atoms with Crippen LogP contribution in [0.15, 0.2) is 4.99 Å². The molecule has 1 aliphatic rings. The molecule has 0 aromatic heterocycles. The van der Waals surface area contributed by atoms with Gasteiger partial charge in [0, 0.05) is 13.1 Å². The molecule has 1 heterocycles. The monoisotopic (exact) mass is 241 g/mol. The van der Waals surface area contributed by atoms with Crippen molar-refractivity contribution >= 4 is 11.9 Å². The second-order valence-electron chi connectivity index (χ2n) is 5.16. The maximum atomic E-state index is 11.9. The van der Waals surface area contributed by atoms with Gasteiger partial charge in [0.2, 0.25) is 0 Å². The normalized spacial score (nSPS) is 16.5. The van der Waals surface area contributed by atoms with E-state index >= 15 is 0 Å². The second-order valence-corrected chi connectivity index (χ2v) is 5.16. The lowest BCUT2D eigenvalue weighted by Crippen LogP contribution is -2.47. The van der Waals surface area contributed by atoms with Gasteiger partial charge in [-0.2, -0.15) is 0 Å². The molecule has 0 spiro atoms. The van der Waals surface area contributed by atoms with E-state index in [0.717, 1.165) is 18.8 Å². The number of hydrogen-bond acceptors (Lipinski definition) is 4. The van der Waals surface area contributed by atoms with Gasteiger partial charge in [-0.3, -0.25) is 9.89 Å². The van der Waals surface area contributed by atoms with E-state index in [1.165, 1.54) is 0 Å². The van der Waals surface area contributed by atoms with E-state index in [0.29, 0.717) is 19.6 Å². The highest BCUT2D eigenvalue weighted by atomic mass is 16.6. The topological polar surface area (TPSA) is 53.9 Å². The Morgan fingerprint density at radius 1 is 1.53 bits per heavy atom. The Morgan fingerprint density at radius 3 is 2.82 bits per heavy atom. The number of hydrogen-bond donors (Lipinski definition) is 1. The van der Waals surface area contributed by atoms with Crippen LogP contribution in [0.25, 0.3) is 0 Å². The summed E-state index contributed by atoms with van der Waals surface area (Å²) in [5.41, 5.74) is -0.442. The lowest BCUT2D eigenvalue weighted by atomic mass is 10.2. The third kappa shape index (κ3) is 5.06. The van der Waals surface area contributed by atoms with Crippen molar-refractivity contribution in [2.24, 2.45) is 4.99 Å². The van der Waals surface area contributed by atoms with Gasteiger partial charge in [-0.15, -0.1) is 0 Å². The SMILES string of the molecule is CCCNC1=NCCN(C(=O)OC(C)(C)C)C1. The average Bonchev–Trinajstić information content (AvgIpc) is 2.24. The average molecular weight is 241 g/mol. The molecule has 1 amide bonds. The van der Waals surface area contributed by atoms with Crippen LogP contribution in [0.1, 0.15) is 34.1 Å². The van der Waals surface area contributed by atoms with Crippen LogP contribution in [0, 0.1) is 0 Å². The molecular weight excluding hydrogens is 218 g/mol. The fourth-order valence-electron chi connectivity index (χ4n) is 1.48.